The van der Waals surface area contributed by atoms with Crippen molar-refractivity contribution in [3.63, 3.8) is 0 Å². The van der Waals surface area contributed by atoms with Gasteiger partial charge in [-0.1, -0.05) is 6.42 Å². The summed E-state index contributed by atoms with van der Waals surface area (Å²) in [6, 6.07) is 4.62. The van der Waals surface area contributed by atoms with Crippen molar-refractivity contribution in [3.05, 3.63) is 27.4 Å². The summed E-state index contributed by atoms with van der Waals surface area (Å²) < 4.78 is 0. The van der Waals surface area contributed by atoms with E-state index in [1.54, 1.807) is 22.7 Å². The second kappa shape index (κ2) is 9.03. The molecule has 4 rings (SSSR count). The number of nitrogens with one attached hydrogen (secondary N) is 1. The predicted octanol–water partition coefficient (Wildman–Crippen LogP) is 4.41. The Labute approximate surface area is 175 Å². The number of aromatic nitrogens is 1. The van der Waals surface area contributed by atoms with Gasteiger partial charge in [0.05, 0.1) is 15.6 Å². The van der Waals surface area contributed by atoms with E-state index < -0.39 is 0 Å². The molecule has 0 aromatic carbocycles. The van der Waals surface area contributed by atoms with Gasteiger partial charge in [0, 0.05) is 28.8 Å². The Balaban J connectivity index is 0.00000210. The normalized spacial score (nSPS) is 27.0. The molecule has 2 atom stereocenters. The fourth-order valence-corrected chi connectivity index (χ4v) is 6.24. The number of carbonyl (C=O) groups excluding carboxylic acids is 1. The Morgan fingerprint density at radius 3 is 2.70 bits per heavy atom. The van der Waals surface area contributed by atoms with Gasteiger partial charge >= 0.3 is 0 Å². The minimum atomic E-state index is 0. The molecular weight excluding hydrogens is 398 g/mol. The van der Waals surface area contributed by atoms with Crippen LogP contribution in [0.5, 0.6) is 0 Å². The molecule has 4 nitrogen and oxygen atoms in total. The molecule has 0 radical (unpaired) electrons. The van der Waals surface area contributed by atoms with Gasteiger partial charge in [-0.3, -0.25) is 4.79 Å². The highest BCUT2D eigenvalue weighted by Crippen LogP contribution is 2.41. The van der Waals surface area contributed by atoms with Crippen LogP contribution >= 0.6 is 35.1 Å². The minimum Gasteiger partial charge on any atom is -0.356 e. The van der Waals surface area contributed by atoms with Crippen LogP contribution in [0.2, 0.25) is 0 Å². The SMILES string of the molecule is Cc1nc(-c2ccc(CCNC(=O)C3CC4CCCC(C3)C4N)s2)cs1.Cl. The first-order chi connectivity index (χ1) is 12.6. The van der Waals surface area contributed by atoms with E-state index in [1.807, 2.05) is 6.92 Å². The maximum Gasteiger partial charge on any atom is 0.223 e. The van der Waals surface area contributed by atoms with Crippen LogP contribution in [0.3, 0.4) is 0 Å². The molecule has 0 saturated heterocycles. The number of nitrogens with zero attached hydrogens (tertiary/aromatic N) is 1. The first-order valence-corrected chi connectivity index (χ1v) is 11.3. The standard InChI is InChI=1S/C20H27N3OS2.ClH/c1-12-23-17(11-25-12)18-6-5-16(26-18)7-8-22-20(24)15-9-13-3-2-4-14(10-15)19(13)21;/h5-6,11,13-15,19H,2-4,7-10,21H2,1H3,(H,22,24);1H. The summed E-state index contributed by atoms with van der Waals surface area (Å²) >= 11 is 3.46. The van der Waals surface area contributed by atoms with E-state index in [1.165, 1.54) is 29.0 Å². The summed E-state index contributed by atoms with van der Waals surface area (Å²) in [5, 5.41) is 6.38. The smallest absolute Gasteiger partial charge is 0.223 e. The highest BCUT2D eigenvalue weighted by molar-refractivity contribution is 7.16. The van der Waals surface area contributed by atoms with Crippen molar-refractivity contribution in [2.45, 2.75) is 51.5 Å². The molecule has 2 saturated carbocycles. The molecule has 2 bridgehead atoms. The van der Waals surface area contributed by atoms with E-state index in [0.29, 0.717) is 24.4 Å². The van der Waals surface area contributed by atoms with Crippen LogP contribution < -0.4 is 11.1 Å². The fraction of sp³-hybridized carbons (Fsp3) is 0.600. The number of amides is 1. The molecule has 1 amide bonds. The van der Waals surface area contributed by atoms with E-state index >= 15 is 0 Å². The van der Waals surface area contributed by atoms with Gasteiger partial charge in [0.15, 0.2) is 0 Å². The molecule has 0 aliphatic heterocycles. The summed E-state index contributed by atoms with van der Waals surface area (Å²) in [7, 11) is 0. The molecule has 2 aliphatic carbocycles. The molecule has 148 valence electrons. The molecule has 2 fully saturated rings. The van der Waals surface area contributed by atoms with Crippen molar-refractivity contribution >= 4 is 41.0 Å². The maximum atomic E-state index is 12.6. The molecule has 7 heteroatoms. The second-order valence-corrected chi connectivity index (χ2v) is 9.99. The van der Waals surface area contributed by atoms with Gasteiger partial charge in [0.1, 0.15) is 0 Å². The number of aryl methyl sites for hydroxylation is 1. The highest BCUT2D eigenvalue weighted by Gasteiger charge is 2.40. The van der Waals surface area contributed by atoms with Crippen molar-refractivity contribution in [1.29, 1.82) is 0 Å². The number of fused-ring (bicyclic) bond motifs is 2. The molecule has 2 aromatic heterocycles. The quantitative estimate of drug-likeness (QED) is 0.745. The van der Waals surface area contributed by atoms with Crippen LogP contribution in [0.15, 0.2) is 17.5 Å². The summed E-state index contributed by atoms with van der Waals surface area (Å²) in [5.74, 6) is 1.52. The van der Waals surface area contributed by atoms with Crippen LogP contribution in [0.1, 0.15) is 42.0 Å². The number of halogens is 1. The van der Waals surface area contributed by atoms with E-state index in [4.69, 9.17) is 5.73 Å². The average molecular weight is 426 g/mol. The Hall–Kier alpha value is -0.950. The third-order valence-corrected chi connectivity index (χ3v) is 7.93. The van der Waals surface area contributed by atoms with Crippen molar-refractivity contribution in [1.82, 2.24) is 10.3 Å². The number of thiophene rings is 1. The van der Waals surface area contributed by atoms with Gasteiger partial charge in [0.25, 0.3) is 0 Å². The Bertz CT molecular complexity index is 761. The van der Waals surface area contributed by atoms with Crippen molar-refractivity contribution in [2.75, 3.05) is 6.54 Å². The van der Waals surface area contributed by atoms with Crippen LogP contribution in [-0.2, 0) is 11.2 Å². The molecule has 27 heavy (non-hydrogen) atoms. The zero-order valence-electron chi connectivity index (χ0n) is 15.6. The molecule has 2 aromatic rings. The van der Waals surface area contributed by atoms with Gasteiger partial charge in [-0.05, 0) is 63.0 Å². The lowest BCUT2D eigenvalue weighted by atomic mass is 9.65. The zero-order valence-corrected chi connectivity index (χ0v) is 18.1. The minimum absolute atomic E-state index is 0. The van der Waals surface area contributed by atoms with Crippen LogP contribution in [0, 0.1) is 24.7 Å². The fourth-order valence-electron chi connectivity index (χ4n) is 4.58. The van der Waals surface area contributed by atoms with Crippen molar-refractivity contribution in [3.8, 4) is 10.6 Å². The average Bonchev–Trinajstić information content (AvgIpc) is 3.23. The first kappa shape index (κ1) is 20.8. The first-order valence-electron chi connectivity index (χ1n) is 9.64. The van der Waals surface area contributed by atoms with Gasteiger partial charge < -0.3 is 11.1 Å². The molecule has 3 N–H and O–H groups in total. The molecule has 2 unspecified atom stereocenters. The lowest BCUT2D eigenvalue weighted by Gasteiger charge is -2.43. The lowest BCUT2D eigenvalue weighted by Crippen LogP contribution is -2.49. The number of thiazole rings is 1. The van der Waals surface area contributed by atoms with E-state index in [-0.39, 0.29) is 24.2 Å². The predicted molar refractivity (Wildman–Crippen MR) is 116 cm³/mol. The number of nitrogens with two attached hydrogens (primary N) is 1. The van der Waals surface area contributed by atoms with E-state index in [0.717, 1.165) is 30.0 Å². The van der Waals surface area contributed by atoms with Gasteiger partial charge in [-0.15, -0.1) is 35.1 Å². The highest BCUT2D eigenvalue weighted by atomic mass is 35.5. The lowest BCUT2D eigenvalue weighted by molar-refractivity contribution is -0.127. The zero-order chi connectivity index (χ0) is 18.1. The number of rotatable bonds is 5. The van der Waals surface area contributed by atoms with Crippen LogP contribution in [0.25, 0.3) is 10.6 Å². The van der Waals surface area contributed by atoms with Gasteiger partial charge in [-0.25, -0.2) is 4.98 Å². The van der Waals surface area contributed by atoms with Gasteiger partial charge in [0.2, 0.25) is 5.91 Å². The van der Waals surface area contributed by atoms with Crippen LogP contribution in [-0.4, -0.2) is 23.5 Å². The monoisotopic (exact) mass is 425 g/mol. The van der Waals surface area contributed by atoms with Crippen molar-refractivity contribution < 1.29 is 4.79 Å². The third kappa shape index (κ3) is 4.73. The Kier molecular flexibility index (Phi) is 6.95. The number of carbonyl (C=O) groups is 1. The number of hydrogen-bond donors (Lipinski definition) is 2. The Morgan fingerprint density at radius 2 is 2.04 bits per heavy atom. The topological polar surface area (TPSA) is 68.0 Å². The third-order valence-electron chi connectivity index (χ3n) is 5.99. The summed E-state index contributed by atoms with van der Waals surface area (Å²) in [4.78, 5) is 19.7. The molecule has 2 heterocycles. The van der Waals surface area contributed by atoms with Gasteiger partial charge in [-0.2, -0.15) is 0 Å². The van der Waals surface area contributed by atoms with E-state index in [2.05, 4.69) is 27.8 Å². The summed E-state index contributed by atoms with van der Waals surface area (Å²) in [6.45, 7) is 2.75. The Morgan fingerprint density at radius 1 is 1.30 bits per heavy atom. The molecular formula is C20H28ClN3OS2. The summed E-state index contributed by atoms with van der Waals surface area (Å²) in [5.41, 5.74) is 7.41. The largest absolute Gasteiger partial charge is 0.356 e. The molecule has 2 aliphatic rings. The van der Waals surface area contributed by atoms with Crippen LogP contribution in [0.4, 0.5) is 0 Å². The maximum absolute atomic E-state index is 12.6. The van der Waals surface area contributed by atoms with Crippen molar-refractivity contribution in [2.24, 2.45) is 23.5 Å². The number of hydrogen-bond acceptors (Lipinski definition) is 5. The molecule has 0 spiro atoms. The summed E-state index contributed by atoms with van der Waals surface area (Å²) in [6.07, 6.45) is 6.55. The second-order valence-electron chi connectivity index (χ2n) is 7.76. The van der Waals surface area contributed by atoms with E-state index in [9.17, 15) is 4.79 Å².